The maximum Gasteiger partial charge on any atom is 0.108 e. The highest BCUT2D eigenvalue weighted by atomic mass is 16.6. The summed E-state index contributed by atoms with van der Waals surface area (Å²) in [6, 6.07) is 0. The molecule has 0 unspecified atom stereocenters. The molecule has 2 heterocycles. The first-order chi connectivity index (χ1) is 6.38. The van der Waals surface area contributed by atoms with E-state index in [1.807, 2.05) is 0 Å². The molecule has 3 fully saturated rings. The molecule has 2 heteroatoms. The van der Waals surface area contributed by atoms with Crippen LogP contribution in [0.2, 0.25) is 0 Å². The Bertz CT molecular complexity index is 189. The Balaban J connectivity index is 1.70. The van der Waals surface area contributed by atoms with Crippen molar-refractivity contribution in [2.75, 3.05) is 6.61 Å². The van der Waals surface area contributed by atoms with Crippen molar-refractivity contribution in [3.8, 4) is 0 Å². The second kappa shape index (κ2) is 2.96. The van der Waals surface area contributed by atoms with Gasteiger partial charge in [-0.3, -0.25) is 0 Å². The standard InChI is InChI=1S/C11H18O2/c1-2-4-6-11(5-3-1)7-9-10(13-9)8-12-11/h9-10H,1-8H2/t9-,10+/m1/s1. The minimum absolute atomic E-state index is 0.230. The first-order valence-corrected chi connectivity index (χ1v) is 5.67. The van der Waals surface area contributed by atoms with E-state index in [1.54, 1.807) is 0 Å². The van der Waals surface area contributed by atoms with Crippen molar-refractivity contribution in [1.29, 1.82) is 0 Å². The van der Waals surface area contributed by atoms with Gasteiger partial charge in [-0.25, -0.2) is 0 Å². The van der Waals surface area contributed by atoms with Crippen LogP contribution in [0.4, 0.5) is 0 Å². The number of rotatable bonds is 0. The van der Waals surface area contributed by atoms with Crippen LogP contribution in [-0.4, -0.2) is 24.4 Å². The van der Waals surface area contributed by atoms with E-state index < -0.39 is 0 Å². The molecule has 0 bridgehead atoms. The summed E-state index contributed by atoms with van der Waals surface area (Å²) in [5, 5.41) is 0. The Morgan fingerprint density at radius 2 is 1.69 bits per heavy atom. The summed E-state index contributed by atoms with van der Waals surface area (Å²) in [5.41, 5.74) is 0.230. The van der Waals surface area contributed by atoms with Crippen LogP contribution in [0.1, 0.15) is 44.9 Å². The number of hydrogen-bond acceptors (Lipinski definition) is 2. The summed E-state index contributed by atoms with van der Waals surface area (Å²) in [6.45, 7) is 0.866. The van der Waals surface area contributed by atoms with Crippen molar-refractivity contribution in [2.45, 2.75) is 62.8 Å². The lowest BCUT2D eigenvalue weighted by atomic mass is 9.87. The molecule has 0 aromatic carbocycles. The van der Waals surface area contributed by atoms with Crippen LogP contribution in [-0.2, 0) is 9.47 Å². The van der Waals surface area contributed by atoms with Crippen molar-refractivity contribution in [1.82, 2.24) is 0 Å². The van der Waals surface area contributed by atoms with Crippen LogP contribution in [0.15, 0.2) is 0 Å². The maximum atomic E-state index is 6.02. The van der Waals surface area contributed by atoms with Crippen LogP contribution in [0.5, 0.6) is 0 Å². The van der Waals surface area contributed by atoms with Gasteiger partial charge in [0.2, 0.25) is 0 Å². The largest absolute Gasteiger partial charge is 0.372 e. The zero-order valence-corrected chi connectivity index (χ0v) is 8.13. The van der Waals surface area contributed by atoms with Gasteiger partial charge < -0.3 is 9.47 Å². The summed E-state index contributed by atoms with van der Waals surface area (Å²) in [5.74, 6) is 0. The van der Waals surface area contributed by atoms with Gasteiger partial charge in [-0.15, -0.1) is 0 Å². The maximum absolute atomic E-state index is 6.02. The molecule has 0 radical (unpaired) electrons. The fraction of sp³-hybridized carbons (Fsp3) is 1.00. The third-order valence-corrected chi connectivity index (χ3v) is 3.83. The van der Waals surface area contributed by atoms with Gasteiger partial charge in [0.05, 0.1) is 18.3 Å². The van der Waals surface area contributed by atoms with Crippen LogP contribution >= 0.6 is 0 Å². The molecule has 2 aliphatic heterocycles. The van der Waals surface area contributed by atoms with Crippen molar-refractivity contribution in [3.63, 3.8) is 0 Å². The summed E-state index contributed by atoms with van der Waals surface area (Å²) in [7, 11) is 0. The Morgan fingerprint density at radius 3 is 2.38 bits per heavy atom. The quantitative estimate of drug-likeness (QED) is 0.536. The molecule has 2 saturated heterocycles. The average Bonchev–Trinajstić information content (AvgIpc) is 2.90. The topological polar surface area (TPSA) is 21.8 Å². The highest BCUT2D eigenvalue weighted by Crippen LogP contribution is 2.44. The van der Waals surface area contributed by atoms with Gasteiger partial charge in [0, 0.05) is 6.42 Å². The van der Waals surface area contributed by atoms with Crippen molar-refractivity contribution < 1.29 is 9.47 Å². The van der Waals surface area contributed by atoms with Gasteiger partial charge in [-0.05, 0) is 12.8 Å². The second-order valence-corrected chi connectivity index (χ2v) is 4.83. The van der Waals surface area contributed by atoms with E-state index in [2.05, 4.69) is 0 Å². The Labute approximate surface area is 79.6 Å². The predicted octanol–water partition coefficient (Wildman–Crippen LogP) is 2.27. The predicted molar refractivity (Wildman–Crippen MR) is 49.7 cm³/mol. The van der Waals surface area contributed by atoms with Crippen molar-refractivity contribution in [3.05, 3.63) is 0 Å². The van der Waals surface area contributed by atoms with Gasteiger partial charge in [0.1, 0.15) is 6.10 Å². The van der Waals surface area contributed by atoms with Crippen LogP contribution < -0.4 is 0 Å². The monoisotopic (exact) mass is 182 g/mol. The molecular weight excluding hydrogens is 164 g/mol. The SMILES string of the molecule is C1CCCC2(CC1)C[C@H]1O[C@H]1CO2. The summed E-state index contributed by atoms with van der Waals surface area (Å²) < 4.78 is 11.5. The molecule has 1 aliphatic carbocycles. The molecule has 13 heavy (non-hydrogen) atoms. The summed E-state index contributed by atoms with van der Waals surface area (Å²) >= 11 is 0. The number of fused-ring (bicyclic) bond motifs is 1. The highest BCUT2D eigenvalue weighted by molar-refractivity contribution is 4.99. The van der Waals surface area contributed by atoms with Crippen molar-refractivity contribution in [2.24, 2.45) is 0 Å². The lowest BCUT2D eigenvalue weighted by Gasteiger charge is -2.34. The second-order valence-electron chi connectivity index (χ2n) is 4.83. The van der Waals surface area contributed by atoms with Gasteiger partial charge in [0.15, 0.2) is 0 Å². The third kappa shape index (κ3) is 1.50. The van der Waals surface area contributed by atoms with E-state index >= 15 is 0 Å². The van der Waals surface area contributed by atoms with E-state index in [0.29, 0.717) is 12.2 Å². The molecule has 3 aliphatic rings. The lowest BCUT2D eigenvalue weighted by Crippen LogP contribution is -2.39. The molecule has 1 spiro atoms. The van der Waals surface area contributed by atoms with Crippen LogP contribution in [0, 0.1) is 0 Å². The first kappa shape index (κ1) is 8.25. The molecule has 0 aromatic rings. The summed E-state index contributed by atoms with van der Waals surface area (Å²) in [6.07, 6.45) is 10.3. The van der Waals surface area contributed by atoms with E-state index in [0.717, 1.165) is 6.61 Å². The molecule has 2 nitrogen and oxygen atoms in total. The van der Waals surface area contributed by atoms with E-state index in [1.165, 1.54) is 44.9 Å². The minimum Gasteiger partial charge on any atom is -0.372 e. The molecular formula is C11H18O2. The first-order valence-electron chi connectivity index (χ1n) is 5.67. The number of ether oxygens (including phenoxy) is 2. The Morgan fingerprint density at radius 1 is 0.923 bits per heavy atom. The summed E-state index contributed by atoms with van der Waals surface area (Å²) in [4.78, 5) is 0. The number of epoxide rings is 1. The zero-order valence-electron chi connectivity index (χ0n) is 8.13. The highest BCUT2D eigenvalue weighted by Gasteiger charge is 2.51. The molecule has 0 aromatic heterocycles. The van der Waals surface area contributed by atoms with E-state index in [4.69, 9.17) is 9.47 Å². The lowest BCUT2D eigenvalue weighted by molar-refractivity contribution is -0.0759. The van der Waals surface area contributed by atoms with E-state index in [-0.39, 0.29) is 5.60 Å². The van der Waals surface area contributed by atoms with Gasteiger partial charge in [-0.1, -0.05) is 25.7 Å². The molecule has 2 atom stereocenters. The van der Waals surface area contributed by atoms with Crippen LogP contribution in [0.3, 0.4) is 0 Å². The van der Waals surface area contributed by atoms with Gasteiger partial charge in [0.25, 0.3) is 0 Å². The molecule has 1 saturated carbocycles. The third-order valence-electron chi connectivity index (χ3n) is 3.83. The van der Waals surface area contributed by atoms with Crippen LogP contribution in [0.25, 0.3) is 0 Å². The molecule has 0 amide bonds. The molecule has 0 N–H and O–H groups in total. The van der Waals surface area contributed by atoms with Gasteiger partial charge in [-0.2, -0.15) is 0 Å². The normalized spacial score (nSPS) is 42.5. The average molecular weight is 182 g/mol. The van der Waals surface area contributed by atoms with Gasteiger partial charge >= 0.3 is 0 Å². The fourth-order valence-electron chi connectivity index (χ4n) is 2.91. The number of hydrogen-bond donors (Lipinski definition) is 0. The Kier molecular flexibility index (Phi) is 1.88. The molecule has 3 rings (SSSR count). The minimum atomic E-state index is 0.230. The Hall–Kier alpha value is -0.0800. The fourth-order valence-corrected chi connectivity index (χ4v) is 2.91. The molecule has 74 valence electrons. The smallest absolute Gasteiger partial charge is 0.108 e. The van der Waals surface area contributed by atoms with E-state index in [9.17, 15) is 0 Å². The van der Waals surface area contributed by atoms with Crippen molar-refractivity contribution >= 4 is 0 Å². The zero-order chi connectivity index (χ0) is 8.73.